The zero-order chi connectivity index (χ0) is 22.7. The molecule has 13 heteroatoms. The van der Waals surface area contributed by atoms with E-state index in [4.69, 9.17) is 10.5 Å². The highest BCUT2D eigenvalue weighted by Gasteiger charge is 2.38. The van der Waals surface area contributed by atoms with Crippen LogP contribution in [0.4, 0.5) is 17.6 Å². The van der Waals surface area contributed by atoms with Crippen molar-refractivity contribution in [3.8, 4) is 11.4 Å². The van der Waals surface area contributed by atoms with Crippen LogP contribution >= 0.6 is 24.8 Å². The topological polar surface area (TPSA) is 90.9 Å². The van der Waals surface area contributed by atoms with Gasteiger partial charge in [0.15, 0.2) is 0 Å². The summed E-state index contributed by atoms with van der Waals surface area (Å²) in [6.45, 7) is -0.335. The largest absolute Gasteiger partial charge is 0.463 e. The maximum atomic E-state index is 13.2. The van der Waals surface area contributed by atoms with E-state index >= 15 is 0 Å². The van der Waals surface area contributed by atoms with Gasteiger partial charge >= 0.3 is 6.18 Å². The van der Waals surface area contributed by atoms with Crippen molar-refractivity contribution in [1.29, 1.82) is 0 Å². The molecule has 186 valence electrons. The van der Waals surface area contributed by atoms with Gasteiger partial charge in [0.05, 0.1) is 5.69 Å². The Bertz CT molecular complexity index is 1050. The second-order valence-corrected chi connectivity index (χ2v) is 7.63. The summed E-state index contributed by atoms with van der Waals surface area (Å²) in [7, 11) is 0. The van der Waals surface area contributed by atoms with Crippen LogP contribution in [0.1, 0.15) is 29.4 Å². The number of rotatable bonds is 6. The lowest BCUT2D eigenvalue weighted by molar-refractivity contribution is -0.146. The van der Waals surface area contributed by atoms with Crippen molar-refractivity contribution in [3.63, 3.8) is 0 Å². The van der Waals surface area contributed by atoms with Crippen molar-refractivity contribution in [1.82, 2.24) is 25.5 Å². The van der Waals surface area contributed by atoms with Crippen LogP contribution < -0.4 is 15.8 Å². The Morgan fingerprint density at radius 3 is 2.53 bits per heavy atom. The van der Waals surface area contributed by atoms with Crippen LogP contribution in [0.2, 0.25) is 0 Å². The van der Waals surface area contributed by atoms with Gasteiger partial charge in [0, 0.05) is 12.1 Å². The fourth-order valence-electron chi connectivity index (χ4n) is 4.14. The number of nitrogens with zero attached hydrogens (tertiary/aromatic N) is 4. The third kappa shape index (κ3) is 5.96. The third-order valence-corrected chi connectivity index (χ3v) is 5.67. The lowest BCUT2D eigenvalue weighted by Crippen LogP contribution is -2.49. The van der Waals surface area contributed by atoms with Gasteiger partial charge < -0.3 is 15.8 Å². The van der Waals surface area contributed by atoms with E-state index in [0.29, 0.717) is 16.7 Å². The Hall–Kier alpha value is -2.47. The first kappa shape index (κ1) is 27.8. The molecule has 4 rings (SSSR count). The summed E-state index contributed by atoms with van der Waals surface area (Å²) in [4.78, 5) is 0. The number of ether oxygens (including phenoxy) is 1. The van der Waals surface area contributed by atoms with Crippen molar-refractivity contribution in [2.75, 3.05) is 13.4 Å². The minimum Gasteiger partial charge on any atom is -0.463 e. The first-order valence-electron chi connectivity index (χ1n) is 10.1. The van der Waals surface area contributed by atoms with E-state index in [1.54, 1.807) is 0 Å². The molecule has 0 saturated carbocycles. The molecular formula is C21H24Cl2F4N6O. The third-order valence-electron chi connectivity index (χ3n) is 5.67. The van der Waals surface area contributed by atoms with E-state index in [9.17, 15) is 17.6 Å². The number of nitrogens with one attached hydrogen (secondary N) is 1. The molecule has 0 spiro atoms. The molecule has 3 aromatic rings. The van der Waals surface area contributed by atoms with Gasteiger partial charge in [-0.05, 0) is 65.1 Å². The van der Waals surface area contributed by atoms with Gasteiger partial charge in [0.2, 0.25) is 6.86 Å². The number of tetrazole rings is 1. The quantitative estimate of drug-likeness (QED) is 0.474. The zero-order valence-corrected chi connectivity index (χ0v) is 19.4. The van der Waals surface area contributed by atoms with Crippen LogP contribution in [0.15, 0.2) is 48.5 Å². The fourth-order valence-corrected chi connectivity index (χ4v) is 4.14. The van der Waals surface area contributed by atoms with Crippen molar-refractivity contribution < 1.29 is 22.3 Å². The highest BCUT2D eigenvalue weighted by molar-refractivity contribution is 5.85. The first-order chi connectivity index (χ1) is 15.4. The summed E-state index contributed by atoms with van der Waals surface area (Å²) in [5.41, 5.74) is 8.28. The Labute approximate surface area is 205 Å². The van der Waals surface area contributed by atoms with Crippen LogP contribution in [0.25, 0.3) is 5.69 Å². The molecule has 1 saturated heterocycles. The predicted octanol–water partition coefficient (Wildman–Crippen LogP) is 4.05. The van der Waals surface area contributed by atoms with Crippen LogP contribution in [-0.2, 0) is 12.6 Å². The maximum absolute atomic E-state index is 13.2. The van der Waals surface area contributed by atoms with E-state index in [1.165, 1.54) is 18.2 Å². The van der Waals surface area contributed by atoms with Gasteiger partial charge in [0.25, 0.3) is 5.82 Å². The van der Waals surface area contributed by atoms with Crippen molar-refractivity contribution in [2.45, 2.75) is 31.1 Å². The molecule has 2 aromatic carbocycles. The normalized spacial score (nSPS) is 20.2. The number of nitrogens with two attached hydrogens (primary N) is 1. The molecule has 1 aliphatic heterocycles. The second-order valence-electron chi connectivity index (χ2n) is 7.63. The Balaban J connectivity index is 0.00000204. The molecule has 34 heavy (non-hydrogen) atoms. The van der Waals surface area contributed by atoms with E-state index in [1.807, 2.05) is 30.3 Å². The summed E-state index contributed by atoms with van der Waals surface area (Å²) in [5, 5.41) is 13.1. The molecule has 3 N–H and O–H groups in total. The number of aromatic nitrogens is 4. The van der Waals surface area contributed by atoms with Gasteiger partial charge in [-0.15, -0.1) is 29.9 Å². The second kappa shape index (κ2) is 11.8. The smallest absolute Gasteiger partial charge is 0.453 e. The number of halogens is 6. The minimum atomic E-state index is -4.72. The number of alkyl halides is 4. The summed E-state index contributed by atoms with van der Waals surface area (Å²) in [6, 6.07) is 13.7. The Morgan fingerprint density at radius 1 is 1.12 bits per heavy atom. The summed E-state index contributed by atoms with van der Waals surface area (Å²) in [5.74, 6) is -1.00. The molecule has 3 atom stereocenters. The molecule has 1 aromatic heterocycles. The minimum absolute atomic E-state index is 0. The van der Waals surface area contributed by atoms with Crippen LogP contribution in [0.3, 0.4) is 0 Å². The van der Waals surface area contributed by atoms with Gasteiger partial charge in [-0.3, -0.25) is 0 Å². The number of piperidine rings is 1. The van der Waals surface area contributed by atoms with E-state index in [0.717, 1.165) is 18.5 Å². The first-order valence-corrected chi connectivity index (χ1v) is 10.1. The SMILES string of the molecule is Cl.Cl.N[C@H]1C(Cc2cc(-n3nnnc3C(F)(F)F)ccc2OCF)CCN[C@H]1c1ccccc1. The zero-order valence-electron chi connectivity index (χ0n) is 17.8. The highest BCUT2D eigenvalue weighted by Crippen LogP contribution is 2.34. The standard InChI is InChI=1S/C21H22F4N6O.2ClH/c22-12-32-17-7-6-16(31-20(21(23,24)25)28-29-30-31)11-15(17)10-14-8-9-27-19(18(14)26)13-4-2-1-3-5-13;;/h1-7,11,14,18-19,27H,8-10,12,26H2;2*1H/t14?,18-,19-;;/m0../s1. The Kier molecular flexibility index (Phi) is 9.63. The molecule has 0 bridgehead atoms. The summed E-state index contributed by atoms with van der Waals surface area (Å²) < 4.78 is 58.4. The number of hydrogen-bond donors (Lipinski definition) is 2. The lowest BCUT2D eigenvalue weighted by Gasteiger charge is -2.37. The van der Waals surface area contributed by atoms with Gasteiger partial charge in [-0.25, -0.2) is 4.39 Å². The van der Waals surface area contributed by atoms with Gasteiger partial charge in [-0.2, -0.15) is 17.9 Å². The van der Waals surface area contributed by atoms with E-state index < -0.39 is 18.9 Å². The Morgan fingerprint density at radius 2 is 1.85 bits per heavy atom. The average molecular weight is 523 g/mol. The van der Waals surface area contributed by atoms with Crippen LogP contribution in [0, 0.1) is 5.92 Å². The fraction of sp³-hybridized carbons (Fsp3) is 0.381. The highest BCUT2D eigenvalue weighted by atomic mass is 35.5. The van der Waals surface area contributed by atoms with Crippen molar-refractivity contribution in [3.05, 3.63) is 65.5 Å². The lowest BCUT2D eigenvalue weighted by atomic mass is 9.80. The maximum Gasteiger partial charge on any atom is 0.453 e. The van der Waals surface area contributed by atoms with Crippen molar-refractivity contribution >= 4 is 24.8 Å². The molecular weight excluding hydrogens is 499 g/mol. The predicted molar refractivity (Wildman–Crippen MR) is 122 cm³/mol. The molecule has 7 nitrogen and oxygen atoms in total. The van der Waals surface area contributed by atoms with E-state index in [-0.39, 0.29) is 54.3 Å². The summed E-state index contributed by atoms with van der Waals surface area (Å²) >= 11 is 0. The van der Waals surface area contributed by atoms with Crippen LogP contribution in [0.5, 0.6) is 5.75 Å². The van der Waals surface area contributed by atoms with Crippen LogP contribution in [-0.4, -0.2) is 39.7 Å². The summed E-state index contributed by atoms with van der Waals surface area (Å²) in [6.07, 6.45) is -3.57. The monoisotopic (exact) mass is 522 g/mol. The van der Waals surface area contributed by atoms with Gasteiger partial charge in [-0.1, -0.05) is 30.3 Å². The molecule has 1 aliphatic rings. The molecule has 1 fully saturated rings. The average Bonchev–Trinajstić information content (AvgIpc) is 3.28. The molecule has 0 aliphatic carbocycles. The molecule has 2 heterocycles. The number of benzene rings is 2. The van der Waals surface area contributed by atoms with E-state index in [2.05, 4.69) is 20.8 Å². The molecule has 0 radical (unpaired) electrons. The van der Waals surface area contributed by atoms with Gasteiger partial charge in [0.1, 0.15) is 5.75 Å². The molecule has 0 amide bonds. The van der Waals surface area contributed by atoms with Crippen molar-refractivity contribution in [2.24, 2.45) is 11.7 Å². The molecule has 1 unspecified atom stereocenters. The number of hydrogen-bond acceptors (Lipinski definition) is 6.